The molecular formula is C18H9F21O2. The maximum absolute atomic E-state index is 14.3. The van der Waals surface area contributed by atoms with Gasteiger partial charge in [-0.3, -0.25) is 0 Å². The highest BCUT2D eigenvalue weighted by atomic mass is 19.4. The zero-order valence-corrected chi connectivity index (χ0v) is 19.0. The first-order valence-electron chi connectivity index (χ1n) is 9.43. The van der Waals surface area contributed by atoms with Crippen LogP contribution >= 0.6 is 0 Å². The van der Waals surface area contributed by atoms with Crippen LogP contribution in [0, 0.1) is 0 Å². The molecule has 0 spiro atoms. The van der Waals surface area contributed by atoms with Crippen LogP contribution in [-0.4, -0.2) is 67.8 Å². The van der Waals surface area contributed by atoms with Crippen LogP contribution < -0.4 is 9.47 Å². The third-order valence-electron chi connectivity index (χ3n) is 5.26. The van der Waals surface area contributed by atoms with Crippen molar-refractivity contribution in [1.29, 1.82) is 0 Å². The van der Waals surface area contributed by atoms with Crippen LogP contribution in [0.25, 0.3) is 0 Å². The largest absolute Gasteiger partial charge is 0.493 e. The lowest BCUT2D eigenvalue weighted by Crippen LogP contribution is -2.76. The van der Waals surface area contributed by atoms with E-state index in [1.807, 2.05) is 0 Å². The summed E-state index contributed by atoms with van der Waals surface area (Å²) in [5.74, 6) is -79.3. The number of ether oxygens (including phenoxy) is 2. The molecule has 0 bridgehead atoms. The Morgan fingerprint density at radius 1 is 0.390 bits per heavy atom. The first kappa shape index (κ1) is 36.4. The van der Waals surface area contributed by atoms with Gasteiger partial charge < -0.3 is 9.47 Å². The molecule has 0 radical (unpaired) electrons. The lowest BCUT2D eigenvalue weighted by molar-refractivity contribution is -0.474. The summed E-state index contributed by atoms with van der Waals surface area (Å²) in [6.07, 6.45) is -8.02. The Kier molecular flexibility index (Phi) is 8.60. The quantitative estimate of drug-likeness (QED) is 0.223. The van der Waals surface area contributed by atoms with Gasteiger partial charge >= 0.3 is 59.5 Å². The second-order valence-corrected chi connectivity index (χ2v) is 7.74. The molecule has 0 fully saturated rings. The third kappa shape index (κ3) is 4.54. The average Bonchev–Trinajstić information content (AvgIpc) is 2.81. The number of benzene rings is 1. The van der Waals surface area contributed by atoms with Gasteiger partial charge in [0.25, 0.3) is 0 Å². The van der Waals surface area contributed by atoms with E-state index in [-0.39, 0.29) is 18.2 Å². The lowest BCUT2D eigenvalue weighted by Gasteiger charge is -2.44. The van der Waals surface area contributed by atoms with Crippen LogP contribution in [0.15, 0.2) is 18.2 Å². The number of methoxy groups -OCH3 is 2. The highest BCUT2D eigenvalue weighted by Crippen LogP contribution is 2.67. The van der Waals surface area contributed by atoms with Gasteiger partial charge in [0.1, 0.15) is 0 Å². The van der Waals surface area contributed by atoms with Gasteiger partial charge in [-0.25, -0.2) is 0 Å². The van der Waals surface area contributed by atoms with Crippen molar-refractivity contribution in [3.63, 3.8) is 0 Å². The predicted molar refractivity (Wildman–Crippen MR) is 89.1 cm³/mol. The van der Waals surface area contributed by atoms with Crippen LogP contribution in [0.4, 0.5) is 92.2 Å². The van der Waals surface area contributed by atoms with Crippen LogP contribution in [0.3, 0.4) is 0 Å². The normalized spacial score (nSPS) is 15.7. The van der Waals surface area contributed by atoms with Crippen molar-refractivity contribution in [2.45, 2.75) is 59.5 Å². The monoisotopic (exact) mass is 656 g/mol. The Bertz CT molecular complexity index is 1100. The minimum absolute atomic E-state index is 0.195. The van der Waals surface area contributed by atoms with Gasteiger partial charge in [-0.05, 0) is 18.2 Å². The van der Waals surface area contributed by atoms with Crippen molar-refractivity contribution in [3.05, 3.63) is 23.8 Å². The first-order valence-corrected chi connectivity index (χ1v) is 9.43. The minimum atomic E-state index is -9.21. The zero-order chi connectivity index (χ0) is 33.3. The van der Waals surface area contributed by atoms with E-state index in [2.05, 4.69) is 9.47 Å². The lowest BCUT2D eigenvalue weighted by atomic mass is 9.85. The maximum atomic E-state index is 14.3. The fourth-order valence-electron chi connectivity index (χ4n) is 2.77. The molecule has 0 atom stereocenters. The SMILES string of the molecule is COc1ccc(C(F)(F)C(F)(F)C(F)(F)C(F)(F)C(F)(F)C(F)(F)C(F)(F)C(F)(F)C(F)(F)C(F)(F)F)cc1OC. The molecule has 23 heteroatoms. The summed E-state index contributed by atoms with van der Waals surface area (Å²) < 4.78 is 291. The summed E-state index contributed by atoms with van der Waals surface area (Å²) in [5, 5.41) is 0. The Labute approximate surface area is 212 Å². The first-order chi connectivity index (χ1) is 17.7. The van der Waals surface area contributed by atoms with Gasteiger partial charge in [-0.15, -0.1) is 0 Å². The standard InChI is InChI=1S/C18H9F21O2/c1-40-7-4-3-6(5-8(7)41-2)9(19,20)10(21,22)11(23,24)12(25,26)13(27,28)14(29,30)15(31,32)16(33,34)17(35,36)18(37,38)39/h3-5H,1-2H3. The highest BCUT2D eigenvalue weighted by molar-refractivity contribution is 5.45. The molecule has 1 aromatic rings. The number of hydrogen-bond donors (Lipinski definition) is 0. The Morgan fingerprint density at radius 2 is 0.683 bits per heavy atom. The number of alkyl halides is 21. The second-order valence-electron chi connectivity index (χ2n) is 7.74. The molecule has 0 aliphatic heterocycles. The summed E-state index contributed by atoms with van der Waals surface area (Å²) >= 11 is 0. The van der Waals surface area contributed by atoms with E-state index in [1.165, 1.54) is 0 Å². The van der Waals surface area contributed by atoms with E-state index in [4.69, 9.17) is 0 Å². The van der Waals surface area contributed by atoms with Gasteiger partial charge in [0, 0.05) is 5.56 Å². The van der Waals surface area contributed by atoms with E-state index in [1.54, 1.807) is 0 Å². The molecule has 0 aliphatic carbocycles. The smallest absolute Gasteiger partial charge is 0.460 e. The molecule has 0 amide bonds. The fraction of sp³-hybridized carbons (Fsp3) is 0.667. The van der Waals surface area contributed by atoms with Gasteiger partial charge in [-0.1, -0.05) is 0 Å². The zero-order valence-electron chi connectivity index (χ0n) is 19.0. The Morgan fingerprint density at radius 3 is 0.976 bits per heavy atom. The average molecular weight is 656 g/mol. The fourth-order valence-corrected chi connectivity index (χ4v) is 2.77. The number of hydrogen-bond acceptors (Lipinski definition) is 2. The minimum Gasteiger partial charge on any atom is -0.493 e. The summed E-state index contributed by atoms with van der Waals surface area (Å²) in [6.45, 7) is 0. The molecule has 0 saturated heterocycles. The van der Waals surface area contributed by atoms with Crippen molar-refractivity contribution in [2.24, 2.45) is 0 Å². The number of rotatable bonds is 11. The van der Waals surface area contributed by atoms with Gasteiger partial charge in [0.15, 0.2) is 11.5 Å². The summed E-state index contributed by atoms with van der Waals surface area (Å²) in [7, 11) is 1.35. The van der Waals surface area contributed by atoms with Crippen LogP contribution in [-0.2, 0) is 5.92 Å². The molecule has 1 aromatic carbocycles. The molecular weight excluding hydrogens is 647 g/mol. The Balaban J connectivity index is 3.86. The van der Waals surface area contributed by atoms with Crippen molar-refractivity contribution in [1.82, 2.24) is 0 Å². The van der Waals surface area contributed by atoms with Crippen LogP contribution in [0.5, 0.6) is 11.5 Å². The van der Waals surface area contributed by atoms with E-state index in [0.717, 1.165) is 7.11 Å². The molecule has 0 aliphatic rings. The molecule has 41 heavy (non-hydrogen) atoms. The van der Waals surface area contributed by atoms with Crippen molar-refractivity contribution in [3.8, 4) is 11.5 Å². The molecule has 0 unspecified atom stereocenters. The van der Waals surface area contributed by atoms with E-state index in [0.29, 0.717) is 7.11 Å². The second kappa shape index (κ2) is 9.69. The number of halogens is 21. The molecule has 2 nitrogen and oxygen atoms in total. The van der Waals surface area contributed by atoms with E-state index in [9.17, 15) is 92.2 Å². The molecule has 0 aromatic heterocycles. The van der Waals surface area contributed by atoms with E-state index < -0.39 is 76.5 Å². The van der Waals surface area contributed by atoms with Gasteiger partial charge in [0.05, 0.1) is 14.2 Å². The highest BCUT2D eigenvalue weighted by Gasteiger charge is 2.97. The Hall–Kier alpha value is -2.65. The predicted octanol–water partition coefficient (Wildman–Crippen LogP) is 8.44. The van der Waals surface area contributed by atoms with Crippen molar-refractivity contribution in [2.75, 3.05) is 14.2 Å². The van der Waals surface area contributed by atoms with Gasteiger partial charge in [-0.2, -0.15) is 92.2 Å². The van der Waals surface area contributed by atoms with Crippen molar-refractivity contribution >= 4 is 0 Å². The van der Waals surface area contributed by atoms with Crippen LogP contribution in [0.1, 0.15) is 5.56 Å². The maximum Gasteiger partial charge on any atom is 0.460 e. The molecule has 0 saturated carbocycles. The summed E-state index contributed by atoms with van der Waals surface area (Å²) in [6, 6.07) is -0.507. The van der Waals surface area contributed by atoms with Crippen molar-refractivity contribution < 1.29 is 102 Å². The topological polar surface area (TPSA) is 18.5 Å². The molecule has 0 N–H and O–H groups in total. The molecule has 1 rings (SSSR count). The van der Waals surface area contributed by atoms with Crippen LogP contribution in [0.2, 0.25) is 0 Å². The summed E-state index contributed by atoms with van der Waals surface area (Å²) in [4.78, 5) is 0. The van der Waals surface area contributed by atoms with E-state index >= 15 is 0 Å². The third-order valence-corrected chi connectivity index (χ3v) is 5.26. The molecule has 240 valence electrons. The summed E-state index contributed by atoms with van der Waals surface area (Å²) in [5.41, 5.74) is -2.55. The van der Waals surface area contributed by atoms with Gasteiger partial charge in [0.2, 0.25) is 0 Å². The molecule has 0 heterocycles.